The van der Waals surface area contributed by atoms with Crippen LogP contribution in [0.4, 0.5) is 5.69 Å². The topological polar surface area (TPSA) is 137 Å². The van der Waals surface area contributed by atoms with Crippen LogP contribution in [0.15, 0.2) is 52.4 Å². The van der Waals surface area contributed by atoms with E-state index < -0.39 is 17.0 Å². The highest BCUT2D eigenvalue weighted by molar-refractivity contribution is 5.85. The Morgan fingerprint density at radius 2 is 2.00 bits per heavy atom. The molecule has 10 heteroatoms. The summed E-state index contributed by atoms with van der Waals surface area (Å²) in [6, 6.07) is 10.8. The van der Waals surface area contributed by atoms with Crippen molar-refractivity contribution in [2.45, 2.75) is 51.0 Å². The highest BCUT2D eigenvalue weighted by atomic mass is 16.6. The molecule has 34 heavy (non-hydrogen) atoms. The minimum atomic E-state index is -1.18. The van der Waals surface area contributed by atoms with Gasteiger partial charge in [0.1, 0.15) is 11.6 Å². The van der Waals surface area contributed by atoms with Crippen molar-refractivity contribution < 1.29 is 19.6 Å². The van der Waals surface area contributed by atoms with Crippen molar-refractivity contribution >= 4 is 28.8 Å². The summed E-state index contributed by atoms with van der Waals surface area (Å²) in [7, 11) is 0. The predicted molar refractivity (Wildman–Crippen MR) is 126 cm³/mol. The molecule has 0 saturated heterocycles. The van der Waals surface area contributed by atoms with Gasteiger partial charge in [0.2, 0.25) is 0 Å². The van der Waals surface area contributed by atoms with E-state index in [-0.39, 0.29) is 28.5 Å². The molecule has 0 amide bonds. The zero-order valence-electron chi connectivity index (χ0n) is 18.6. The van der Waals surface area contributed by atoms with Crippen LogP contribution in [0.1, 0.15) is 56.3 Å². The third kappa shape index (κ3) is 4.80. The number of carboxylic acids is 1. The van der Waals surface area contributed by atoms with Gasteiger partial charge in [-0.1, -0.05) is 31.4 Å². The van der Waals surface area contributed by atoms with E-state index in [4.69, 9.17) is 9.72 Å². The molecule has 1 heterocycles. The van der Waals surface area contributed by atoms with E-state index >= 15 is 0 Å². The molecule has 1 N–H and O–H groups in total. The SMILES string of the molecule is C[C@@H](Oc1ccc([N+](=O)[O-])cc1C=Nn1c(C2CCCCC2)nc2ccccc2c1=O)C(=O)O. The predicted octanol–water partition coefficient (Wildman–Crippen LogP) is 4.09. The number of carboxylic acid groups (broad SMARTS) is 1. The van der Waals surface area contributed by atoms with Gasteiger partial charge >= 0.3 is 5.97 Å². The second-order valence-corrected chi connectivity index (χ2v) is 8.26. The molecule has 1 saturated carbocycles. The zero-order valence-corrected chi connectivity index (χ0v) is 18.6. The van der Waals surface area contributed by atoms with Crippen LogP contribution in [-0.2, 0) is 4.79 Å². The number of carbonyl (C=O) groups is 1. The Bertz CT molecular complexity index is 1330. The number of hydrogen-bond acceptors (Lipinski definition) is 7. The Labute approximate surface area is 194 Å². The summed E-state index contributed by atoms with van der Waals surface area (Å²) in [6.07, 6.45) is 5.08. The fourth-order valence-corrected chi connectivity index (χ4v) is 4.10. The number of hydrogen-bond donors (Lipinski definition) is 1. The van der Waals surface area contributed by atoms with Crippen molar-refractivity contribution in [3.05, 3.63) is 74.3 Å². The van der Waals surface area contributed by atoms with Crippen molar-refractivity contribution in [1.29, 1.82) is 0 Å². The van der Waals surface area contributed by atoms with Gasteiger partial charge in [-0.05, 0) is 38.0 Å². The lowest BCUT2D eigenvalue weighted by molar-refractivity contribution is -0.384. The van der Waals surface area contributed by atoms with E-state index in [0.717, 1.165) is 32.1 Å². The molecule has 0 unspecified atom stereocenters. The molecule has 0 spiro atoms. The highest BCUT2D eigenvalue weighted by Gasteiger charge is 2.23. The average Bonchev–Trinajstić information content (AvgIpc) is 2.84. The van der Waals surface area contributed by atoms with Crippen molar-refractivity contribution in [1.82, 2.24) is 9.66 Å². The third-order valence-corrected chi connectivity index (χ3v) is 5.92. The number of ether oxygens (including phenoxy) is 1. The summed E-state index contributed by atoms with van der Waals surface area (Å²) >= 11 is 0. The first-order chi connectivity index (χ1) is 16.3. The van der Waals surface area contributed by atoms with Crippen LogP contribution < -0.4 is 10.3 Å². The molecule has 1 aliphatic carbocycles. The fourth-order valence-electron chi connectivity index (χ4n) is 4.10. The maximum absolute atomic E-state index is 13.3. The molecule has 10 nitrogen and oxygen atoms in total. The van der Waals surface area contributed by atoms with Crippen LogP contribution in [0.5, 0.6) is 5.75 Å². The maximum atomic E-state index is 13.3. The molecule has 1 atom stereocenters. The van der Waals surface area contributed by atoms with Gasteiger partial charge in [-0.3, -0.25) is 14.9 Å². The number of para-hydroxylation sites is 1. The van der Waals surface area contributed by atoms with Gasteiger partial charge in [-0.15, -0.1) is 0 Å². The van der Waals surface area contributed by atoms with E-state index in [0.29, 0.717) is 16.7 Å². The molecule has 1 aliphatic rings. The average molecular weight is 464 g/mol. The Kier molecular flexibility index (Phi) is 6.67. The van der Waals surface area contributed by atoms with Crippen LogP contribution >= 0.6 is 0 Å². The minimum Gasteiger partial charge on any atom is -0.479 e. The molecule has 0 radical (unpaired) electrons. The van der Waals surface area contributed by atoms with Crippen molar-refractivity contribution in [2.75, 3.05) is 0 Å². The van der Waals surface area contributed by atoms with Gasteiger partial charge < -0.3 is 9.84 Å². The van der Waals surface area contributed by atoms with Crippen molar-refractivity contribution in [2.24, 2.45) is 5.10 Å². The van der Waals surface area contributed by atoms with E-state index in [1.54, 1.807) is 18.2 Å². The molecular formula is C24H24N4O6. The summed E-state index contributed by atoms with van der Waals surface area (Å²) in [5, 5.41) is 25.3. The molecule has 1 aromatic heterocycles. The molecule has 1 fully saturated rings. The number of nitro groups is 1. The van der Waals surface area contributed by atoms with Crippen molar-refractivity contribution in [3.8, 4) is 5.75 Å². The van der Waals surface area contributed by atoms with Gasteiger partial charge in [0, 0.05) is 23.6 Å². The van der Waals surface area contributed by atoms with Crippen LogP contribution in [0, 0.1) is 10.1 Å². The van der Waals surface area contributed by atoms with Gasteiger partial charge in [-0.2, -0.15) is 9.78 Å². The Morgan fingerprint density at radius 3 is 2.71 bits per heavy atom. The molecule has 176 valence electrons. The molecular weight excluding hydrogens is 440 g/mol. The first-order valence-corrected chi connectivity index (χ1v) is 11.1. The van der Waals surface area contributed by atoms with E-state index in [1.165, 1.54) is 36.0 Å². The van der Waals surface area contributed by atoms with Gasteiger partial charge in [0.25, 0.3) is 11.2 Å². The number of nitro benzene ring substituents is 1. The normalized spacial score (nSPS) is 15.4. The van der Waals surface area contributed by atoms with Gasteiger partial charge in [0.05, 0.1) is 22.0 Å². The van der Waals surface area contributed by atoms with Gasteiger partial charge in [0.15, 0.2) is 6.10 Å². The second kappa shape index (κ2) is 9.82. The van der Waals surface area contributed by atoms with Crippen LogP contribution in [-0.4, -0.2) is 38.0 Å². The van der Waals surface area contributed by atoms with E-state index in [1.807, 2.05) is 6.07 Å². The van der Waals surface area contributed by atoms with Crippen LogP contribution in [0.3, 0.4) is 0 Å². The second-order valence-electron chi connectivity index (χ2n) is 8.26. The number of nitrogens with zero attached hydrogens (tertiary/aromatic N) is 4. The van der Waals surface area contributed by atoms with E-state index in [9.17, 15) is 24.8 Å². The molecule has 4 rings (SSSR count). The number of aliphatic carboxylic acids is 1. The standard InChI is InChI=1S/C24H24N4O6/c1-15(24(30)31)34-21-12-11-18(28(32)33)13-17(21)14-25-27-22(16-7-3-2-4-8-16)26-20-10-6-5-9-19(20)23(27)29/h5-6,9-16H,2-4,7-8H2,1H3,(H,30,31)/t15-/m1/s1. The maximum Gasteiger partial charge on any atom is 0.344 e. The number of rotatable bonds is 7. The fraction of sp³-hybridized carbons (Fsp3) is 0.333. The first-order valence-electron chi connectivity index (χ1n) is 11.1. The van der Waals surface area contributed by atoms with Crippen molar-refractivity contribution in [3.63, 3.8) is 0 Å². The lowest BCUT2D eigenvalue weighted by Gasteiger charge is -2.22. The van der Waals surface area contributed by atoms with Gasteiger partial charge in [-0.25, -0.2) is 9.78 Å². The number of fused-ring (bicyclic) bond motifs is 1. The van der Waals surface area contributed by atoms with E-state index in [2.05, 4.69) is 5.10 Å². The monoisotopic (exact) mass is 464 g/mol. The molecule has 0 bridgehead atoms. The number of aromatic nitrogens is 2. The Hall–Kier alpha value is -4.08. The summed E-state index contributed by atoms with van der Waals surface area (Å²) in [4.78, 5) is 40.0. The smallest absolute Gasteiger partial charge is 0.344 e. The lowest BCUT2D eigenvalue weighted by Crippen LogP contribution is -2.25. The zero-order chi connectivity index (χ0) is 24.2. The highest BCUT2D eigenvalue weighted by Crippen LogP contribution is 2.32. The molecule has 3 aromatic rings. The number of non-ortho nitro benzene ring substituents is 1. The summed E-state index contributed by atoms with van der Waals surface area (Å²) in [5.41, 5.74) is 0.216. The summed E-state index contributed by atoms with van der Waals surface area (Å²) in [5.74, 6) is -0.469. The largest absolute Gasteiger partial charge is 0.479 e. The summed E-state index contributed by atoms with van der Waals surface area (Å²) < 4.78 is 6.71. The van der Waals surface area contributed by atoms with Crippen LogP contribution in [0.2, 0.25) is 0 Å². The van der Waals surface area contributed by atoms with Crippen LogP contribution in [0.25, 0.3) is 10.9 Å². The molecule has 0 aliphatic heterocycles. The lowest BCUT2D eigenvalue weighted by atomic mass is 9.88. The number of benzene rings is 2. The Morgan fingerprint density at radius 1 is 1.26 bits per heavy atom. The Balaban J connectivity index is 1.83. The molecule has 2 aromatic carbocycles. The third-order valence-electron chi connectivity index (χ3n) is 5.92. The first kappa shape index (κ1) is 23.1. The summed E-state index contributed by atoms with van der Waals surface area (Å²) in [6.45, 7) is 1.35. The minimum absolute atomic E-state index is 0.0658. The quantitative estimate of drug-likeness (QED) is 0.316.